The van der Waals surface area contributed by atoms with Gasteiger partial charge in [0.2, 0.25) is 0 Å². The molecule has 0 aromatic rings. The fourth-order valence-corrected chi connectivity index (χ4v) is 1.11. The van der Waals surface area contributed by atoms with Crippen molar-refractivity contribution in [1.82, 2.24) is 4.90 Å². The third-order valence-corrected chi connectivity index (χ3v) is 2.03. The first-order valence-corrected chi connectivity index (χ1v) is 3.90. The van der Waals surface area contributed by atoms with Crippen LogP contribution in [-0.2, 0) is 0 Å². The van der Waals surface area contributed by atoms with E-state index in [1.54, 1.807) is 30.2 Å². The number of nitrogens with zero attached hydrogens (tertiary/aromatic N) is 3. The van der Waals surface area contributed by atoms with Crippen LogP contribution in [-0.4, -0.2) is 11.9 Å². The van der Waals surface area contributed by atoms with E-state index in [2.05, 4.69) is 0 Å². The Hall–Kier alpha value is -1.71. The lowest BCUT2D eigenvalue weighted by Crippen LogP contribution is -2.16. The van der Waals surface area contributed by atoms with E-state index in [0.717, 1.165) is 0 Å². The first-order valence-electron chi connectivity index (χ1n) is 3.52. The van der Waals surface area contributed by atoms with Crippen LogP contribution in [0.2, 0.25) is 0 Å². The van der Waals surface area contributed by atoms with Gasteiger partial charge in [-0.15, -0.1) is 0 Å². The van der Waals surface area contributed by atoms with Gasteiger partial charge in [0.15, 0.2) is 5.57 Å². The summed E-state index contributed by atoms with van der Waals surface area (Å²) in [6.07, 6.45) is 5.07. The van der Waals surface area contributed by atoms with Crippen LogP contribution in [0.5, 0.6) is 0 Å². The number of likely N-dealkylation sites (N-methyl/N-ethyl adjacent to an activating group) is 1. The molecule has 0 bridgehead atoms. The summed E-state index contributed by atoms with van der Waals surface area (Å²) in [7, 11) is 1.70. The van der Waals surface area contributed by atoms with Gasteiger partial charge in [-0.1, -0.05) is 17.7 Å². The molecule has 0 saturated heterocycles. The van der Waals surface area contributed by atoms with Crippen LogP contribution in [0.4, 0.5) is 0 Å². The molecule has 0 aliphatic carbocycles. The minimum atomic E-state index is 0.0602. The van der Waals surface area contributed by atoms with Gasteiger partial charge in [-0.25, -0.2) is 0 Å². The van der Waals surface area contributed by atoms with Gasteiger partial charge in [-0.05, 0) is 12.2 Å². The molecule has 0 unspecified atom stereocenters. The van der Waals surface area contributed by atoms with Gasteiger partial charge in [0.1, 0.15) is 17.3 Å². The number of nitriles is 2. The zero-order valence-corrected chi connectivity index (χ0v) is 7.71. The van der Waals surface area contributed by atoms with Gasteiger partial charge < -0.3 is 4.90 Å². The molecule has 0 fully saturated rings. The molecule has 0 spiro atoms. The second-order valence-corrected chi connectivity index (χ2v) is 2.78. The molecule has 0 N–H and O–H groups in total. The van der Waals surface area contributed by atoms with Crippen LogP contribution < -0.4 is 0 Å². The quantitative estimate of drug-likeness (QED) is 0.434. The van der Waals surface area contributed by atoms with Gasteiger partial charge >= 0.3 is 0 Å². The van der Waals surface area contributed by atoms with Gasteiger partial charge in [-0.2, -0.15) is 10.5 Å². The molecule has 1 aliphatic heterocycles. The van der Waals surface area contributed by atoms with Crippen molar-refractivity contribution in [3.8, 4) is 12.1 Å². The number of allylic oxidation sites excluding steroid dienone is 4. The summed E-state index contributed by atoms with van der Waals surface area (Å²) in [6, 6.07) is 3.62. The van der Waals surface area contributed by atoms with E-state index in [1.165, 1.54) is 0 Å². The summed E-state index contributed by atoms with van der Waals surface area (Å²) in [4.78, 5) is 1.59. The van der Waals surface area contributed by atoms with Crippen LogP contribution >= 0.6 is 11.6 Å². The highest BCUT2D eigenvalue weighted by molar-refractivity contribution is 6.29. The predicted molar refractivity (Wildman–Crippen MR) is 49.1 cm³/mol. The Morgan fingerprint density at radius 3 is 2.62 bits per heavy atom. The topological polar surface area (TPSA) is 50.8 Å². The van der Waals surface area contributed by atoms with E-state index in [0.29, 0.717) is 10.9 Å². The van der Waals surface area contributed by atoms with E-state index in [1.807, 2.05) is 12.1 Å². The van der Waals surface area contributed by atoms with Crippen molar-refractivity contribution in [2.75, 3.05) is 7.05 Å². The van der Waals surface area contributed by atoms with Crippen LogP contribution in [0.3, 0.4) is 0 Å². The van der Waals surface area contributed by atoms with Crippen LogP contribution in [0.25, 0.3) is 0 Å². The van der Waals surface area contributed by atoms with Crippen molar-refractivity contribution in [2.45, 2.75) is 0 Å². The maximum Gasteiger partial charge on any atom is 0.153 e. The summed E-state index contributed by atoms with van der Waals surface area (Å²) in [5.41, 5.74) is 0.586. The molecule has 0 aromatic heterocycles. The summed E-state index contributed by atoms with van der Waals surface area (Å²) in [5.74, 6) is 0. The normalized spacial score (nSPS) is 14.6. The monoisotopic (exact) mass is 191 g/mol. The number of hydrogen-bond donors (Lipinski definition) is 0. The van der Waals surface area contributed by atoms with Crippen molar-refractivity contribution in [3.05, 3.63) is 34.7 Å². The Labute approximate surface area is 81.4 Å². The molecule has 1 aliphatic rings. The Morgan fingerprint density at radius 1 is 1.46 bits per heavy atom. The third kappa shape index (κ3) is 1.72. The largest absolute Gasteiger partial charge is 0.334 e. The fraction of sp³-hybridized carbons (Fsp3) is 0.111. The molecule has 0 saturated carbocycles. The maximum absolute atomic E-state index is 8.63. The van der Waals surface area contributed by atoms with Gasteiger partial charge in [0.05, 0.1) is 5.70 Å². The highest BCUT2D eigenvalue weighted by Crippen LogP contribution is 2.21. The summed E-state index contributed by atoms with van der Waals surface area (Å²) < 4.78 is 0. The summed E-state index contributed by atoms with van der Waals surface area (Å²) in [6.45, 7) is 0. The van der Waals surface area contributed by atoms with Crippen LogP contribution in [0.15, 0.2) is 34.7 Å². The Bertz CT molecular complexity index is 374. The standard InChI is InChI=1S/C9H6ClN3/c1-13-8(7(5-11)6-12)3-2-4-9(13)10/h2-4H,1H3. The lowest BCUT2D eigenvalue weighted by Gasteiger charge is -2.21. The van der Waals surface area contributed by atoms with E-state index in [9.17, 15) is 0 Å². The third-order valence-electron chi connectivity index (χ3n) is 1.65. The molecule has 4 heteroatoms. The molecule has 13 heavy (non-hydrogen) atoms. The van der Waals surface area contributed by atoms with Crippen molar-refractivity contribution >= 4 is 11.6 Å². The summed E-state index contributed by atoms with van der Waals surface area (Å²) in [5, 5.41) is 17.7. The SMILES string of the molecule is CN1C(Cl)=CC=CC1=C(C#N)C#N. The van der Waals surface area contributed by atoms with Gasteiger partial charge in [0, 0.05) is 7.05 Å². The smallest absolute Gasteiger partial charge is 0.153 e. The molecule has 0 radical (unpaired) electrons. The van der Waals surface area contributed by atoms with E-state index < -0.39 is 0 Å². The maximum atomic E-state index is 8.63. The number of hydrogen-bond acceptors (Lipinski definition) is 3. The first kappa shape index (κ1) is 9.38. The minimum Gasteiger partial charge on any atom is -0.334 e. The number of rotatable bonds is 0. The molecular formula is C9H6ClN3. The fourth-order valence-electron chi connectivity index (χ4n) is 0.948. The van der Waals surface area contributed by atoms with Crippen LogP contribution in [0, 0.1) is 22.7 Å². The Kier molecular flexibility index (Phi) is 2.74. The second-order valence-electron chi connectivity index (χ2n) is 2.39. The average Bonchev–Trinajstić information content (AvgIpc) is 2.14. The van der Waals surface area contributed by atoms with Crippen molar-refractivity contribution in [2.24, 2.45) is 0 Å². The Balaban J connectivity index is 3.19. The zero-order chi connectivity index (χ0) is 9.84. The van der Waals surface area contributed by atoms with Crippen molar-refractivity contribution in [1.29, 1.82) is 10.5 Å². The van der Waals surface area contributed by atoms with E-state index >= 15 is 0 Å². The molecule has 1 heterocycles. The van der Waals surface area contributed by atoms with E-state index in [-0.39, 0.29) is 5.57 Å². The minimum absolute atomic E-state index is 0.0602. The lowest BCUT2D eigenvalue weighted by molar-refractivity contribution is 0.564. The van der Waals surface area contributed by atoms with Crippen molar-refractivity contribution in [3.63, 3.8) is 0 Å². The number of halogens is 1. The van der Waals surface area contributed by atoms with Crippen LogP contribution in [0.1, 0.15) is 0 Å². The second kappa shape index (κ2) is 3.80. The summed E-state index contributed by atoms with van der Waals surface area (Å²) >= 11 is 5.80. The lowest BCUT2D eigenvalue weighted by atomic mass is 10.2. The van der Waals surface area contributed by atoms with Gasteiger partial charge in [-0.3, -0.25) is 0 Å². The molecule has 3 nitrogen and oxygen atoms in total. The zero-order valence-electron chi connectivity index (χ0n) is 6.95. The average molecular weight is 192 g/mol. The molecule has 1 rings (SSSR count). The molecule has 64 valence electrons. The predicted octanol–water partition coefficient (Wildman–Crippen LogP) is 1.87. The van der Waals surface area contributed by atoms with E-state index in [4.69, 9.17) is 22.1 Å². The van der Waals surface area contributed by atoms with Crippen molar-refractivity contribution < 1.29 is 0 Å². The molecule has 0 atom stereocenters. The van der Waals surface area contributed by atoms with Gasteiger partial charge in [0.25, 0.3) is 0 Å². The first-order chi connectivity index (χ1) is 6.20. The highest BCUT2D eigenvalue weighted by atomic mass is 35.5. The molecular weight excluding hydrogens is 186 g/mol. The highest BCUT2D eigenvalue weighted by Gasteiger charge is 2.13. The Morgan fingerprint density at radius 2 is 2.08 bits per heavy atom. The molecule has 0 amide bonds. The molecule has 0 aromatic carbocycles.